The third-order valence-electron chi connectivity index (χ3n) is 5.44. The van der Waals surface area contributed by atoms with E-state index in [1.54, 1.807) is 0 Å². The highest BCUT2D eigenvalue weighted by molar-refractivity contribution is 5.74. The predicted octanol–water partition coefficient (Wildman–Crippen LogP) is 4.76. The van der Waals surface area contributed by atoms with Crippen LogP contribution in [0.2, 0.25) is 0 Å². The van der Waals surface area contributed by atoms with E-state index in [1.807, 2.05) is 0 Å². The predicted molar refractivity (Wildman–Crippen MR) is 117 cm³/mol. The van der Waals surface area contributed by atoms with E-state index in [1.165, 1.54) is 38.5 Å². The number of aliphatic hydroxyl groups excluding tert-OH is 2. The number of aliphatic hydroxyl groups is 2. The molecule has 0 spiro atoms. The van der Waals surface area contributed by atoms with E-state index in [0.717, 1.165) is 51.4 Å². The van der Waals surface area contributed by atoms with Crippen LogP contribution in [0.1, 0.15) is 103 Å². The standard InChI is InChI=1S/C25H40O4/c1-2-3-14-18-23(27)19-16-13-11-9-7-5-4-6-8-10-12-15-17-22-20-24(21-26)29-25(22)28/h22-24,26-27H,2-10,12,14-15,17-18,20-21H2,1H3/t22-,23-,24-/m0/s1. The third-order valence-corrected chi connectivity index (χ3v) is 5.44. The summed E-state index contributed by atoms with van der Waals surface area (Å²) >= 11 is 0. The first-order valence-corrected chi connectivity index (χ1v) is 11.6. The Bertz CT molecular complexity index is 549. The molecule has 0 aromatic rings. The van der Waals surface area contributed by atoms with Crippen LogP contribution in [0.5, 0.6) is 0 Å². The Morgan fingerprint density at radius 1 is 1.00 bits per heavy atom. The van der Waals surface area contributed by atoms with Gasteiger partial charge in [0.1, 0.15) is 12.2 Å². The quantitative estimate of drug-likeness (QED) is 0.235. The minimum Gasteiger partial charge on any atom is -0.460 e. The summed E-state index contributed by atoms with van der Waals surface area (Å²) in [5.74, 6) is 11.4. The maximum atomic E-state index is 11.6. The molecule has 164 valence electrons. The first-order valence-electron chi connectivity index (χ1n) is 11.6. The van der Waals surface area contributed by atoms with Crippen molar-refractivity contribution in [3.63, 3.8) is 0 Å². The average molecular weight is 405 g/mol. The Labute approximate surface area is 177 Å². The van der Waals surface area contributed by atoms with Crippen LogP contribution in [0.4, 0.5) is 0 Å². The zero-order chi connectivity index (χ0) is 21.2. The lowest BCUT2D eigenvalue weighted by Crippen LogP contribution is -2.10. The van der Waals surface area contributed by atoms with Gasteiger partial charge in [-0.05, 0) is 43.9 Å². The number of unbranched alkanes of at least 4 members (excludes halogenated alkanes) is 10. The molecule has 1 fully saturated rings. The lowest BCUT2D eigenvalue weighted by atomic mass is 9.97. The summed E-state index contributed by atoms with van der Waals surface area (Å²) in [6, 6.07) is 0. The molecule has 1 saturated heterocycles. The first kappa shape index (κ1) is 25.5. The number of carbonyl (C=O) groups is 1. The summed E-state index contributed by atoms with van der Waals surface area (Å²) < 4.78 is 5.10. The van der Waals surface area contributed by atoms with Gasteiger partial charge in [0.2, 0.25) is 0 Å². The van der Waals surface area contributed by atoms with E-state index < -0.39 is 6.10 Å². The van der Waals surface area contributed by atoms with Crippen LogP contribution >= 0.6 is 0 Å². The van der Waals surface area contributed by atoms with Crippen molar-refractivity contribution < 1.29 is 19.7 Å². The van der Waals surface area contributed by atoms with Gasteiger partial charge in [-0.2, -0.15) is 0 Å². The molecular weight excluding hydrogens is 364 g/mol. The molecule has 0 aromatic carbocycles. The smallest absolute Gasteiger partial charge is 0.309 e. The van der Waals surface area contributed by atoms with Crippen molar-refractivity contribution in [2.45, 2.75) is 115 Å². The highest BCUT2D eigenvalue weighted by Gasteiger charge is 2.33. The lowest BCUT2D eigenvalue weighted by molar-refractivity contribution is -0.145. The molecule has 0 unspecified atom stereocenters. The second-order valence-corrected chi connectivity index (χ2v) is 8.12. The zero-order valence-electron chi connectivity index (χ0n) is 18.3. The van der Waals surface area contributed by atoms with Gasteiger partial charge in [0.05, 0.1) is 12.5 Å². The third kappa shape index (κ3) is 13.4. The number of rotatable bonds is 15. The highest BCUT2D eigenvalue weighted by atomic mass is 16.6. The van der Waals surface area contributed by atoms with E-state index in [0.29, 0.717) is 6.42 Å². The fourth-order valence-corrected chi connectivity index (χ4v) is 3.62. The molecule has 1 heterocycles. The van der Waals surface area contributed by atoms with E-state index in [2.05, 4.69) is 30.6 Å². The van der Waals surface area contributed by atoms with E-state index in [9.17, 15) is 9.90 Å². The molecule has 1 rings (SSSR count). The number of carbonyl (C=O) groups excluding carboxylic acids is 1. The summed E-state index contributed by atoms with van der Waals surface area (Å²) in [6.07, 6.45) is 15.3. The maximum absolute atomic E-state index is 11.6. The summed E-state index contributed by atoms with van der Waals surface area (Å²) in [4.78, 5) is 11.6. The number of esters is 1. The van der Waals surface area contributed by atoms with Crippen molar-refractivity contribution in [1.82, 2.24) is 0 Å². The van der Waals surface area contributed by atoms with Gasteiger partial charge < -0.3 is 14.9 Å². The fraction of sp³-hybridized carbons (Fsp3) is 0.800. The summed E-state index contributed by atoms with van der Waals surface area (Å²) in [6.45, 7) is 2.10. The Balaban J connectivity index is 1.88. The van der Waals surface area contributed by atoms with Gasteiger partial charge in [-0.25, -0.2) is 0 Å². The molecule has 4 nitrogen and oxygen atoms in total. The fourth-order valence-electron chi connectivity index (χ4n) is 3.62. The Kier molecular flexibility index (Phi) is 15.3. The number of ether oxygens (including phenoxy) is 1. The Hall–Kier alpha value is -1.49. The second kappa shape index (κ2) is 17.4. The van der Waals surface area contributed by atoms with Crippen LogP contribution < -0.4 is 0 Å². The molecule has 3 atom stereocenters. The molecule has 0 bridgehead atoms. The summed E-state index contributed by atoms with van der Waals surface area (Å²) in [5, 5.41) is 18.7. The molecule has 0 radical (unpaired) electrons. The number of hydrogen-bond acceptors (Lipinski definition) is 4. The molecule has 1 aliphatic heterocycles. The Morgan fingerprint density at radius 2 is 1.69 bits per heavy atom. The van der Waals surface area contributed by atoms with E-state index in [4.69, 9.17) is 9.84 Å². The van der Waals surface area contributed by atoms with Crippen LogP contribution in [-0.4, -0.2) is 35.0 Å². The number of hydrogen-bond donors (Lipinski definition) is 2. The van der Waals surface area contributed by atoms with Crippen LogP contribution in [-0.2, 0) is 9.53 Å². The van der Waals surface area contributed by atoms with Gasteiger partial charge in [-0.15, -0.1) is 0 Å². The van der Waals surface area contributed by atoms with Gasteiger partial charge in [-0.1, -0.05) is 76.6 Å². The second-order valence-electron chi connectivity index (χ2n) is 8.12. The molecule has 0 amide bonds. The van der Waals surface area contributed by atoms with Crippen molar-refractivity contribution >= 4 is 5.97 Å². The van der Waals surface area contributed by atoms with Gasteiger partial charge >= 0.3 is 5.97 Å². The van der Waals surface area contributed by atoms with Crippen LogP contribution in [0, 0.1) is 29.6 Å². The molecule has 0 aliphatic carbocycles. The normalized spacial score (nSPS) is 19.1. The SMILES string of the molecule is CCCCC[C@H](O)C#CC#CCCCCCCCCCC[C@H]1C[C@@H](CO)OC1=O. The summed E-state index contributed by atoms with van der Waals surface area (Å²) in [7, 11) is 0. The van der Waals surface area contributed by atoms with E-state index in [-0.39, 0.29) is 24.6 Å². The molecule has 0 aromatic heterocycles. The average Bonchev–Trinajstić information content (AvgIpc) is 3.08. The van der Waals surface area contributed by atoms with Gasteiger partial charge in [0, 0.05) is 6.42 Å². The van der Waals surface area contributed by atoms with E-state index >= 15 is 0 Å². The maximum Gasteiger partial charge on any atom is 0.309 e. The molecule has 4 heteroatoms. The van der Waals surface area contributed by atoms with Gasteiger partial charge in [0.15, 0.2) is 0 Å². The van der Waals surface area contributed by atoms with Crippen molar-refractivity contribution in [3.05, 3.63) is 0 Å². The van der Waals surface area contributed by atoms with Gasteiger partial charge in [-0.3, -0.25) is 4.79 Å². The molecule has 2 N–H and O–H groups in total. The van der Waals surface area contributed by atoms with Crippen molar-refractivity contribution in [3.8, 4) is 23.7 Å². The highest BCUT2D eigenvalue weighted by Crippen LogP contribution is 2.26. The number of cyclic esters (lactones) is 1. The van der Waals surface area contributed by atoms with Crippen LogP contribution in [0.15, 0.2) is 0 Å². The summed E-state index contributed by atoms with van der Waals surface area (Å²) in [5.41, 5.74) is 0. The topological polar surface area (TPSA) is 66.8 Å². The zero-order valence-corrected chi connectivity index (χ0v) is 18.3. The van der Waals surface area contributed by atoms with Gasteiger partial charge in [0.25, 0.3) is 0 Å². The largest absolute Gasteiger partial charge is 0.460 e. The molecular formula is C25H40O4. The molecule has 29 heavy (non-hydrogen) atoms. The van der Waals surface area contributed by atoms with Crippen LogP contribution in [0.3, 0.4) is 0 Å². The van der Waals surface area contributed by atoms with Crippen LogP contribution in [0.25, 0.3) is 0 Å². The van der Waals surface area contributed by atoms with Crippen molar-refractivity contribution in [2.24, 2.45) is 5.92 Å². The molecule has 1 aliphatic rings. The minimum atomic E-state index is -0.528. The Morgan fingerprint density at radius 3 is 2.34 bits per heavy atom. The molecule has 0 saturated carbocycles. The monoisotopic (exact) mass is 404 g/mol. The lowest BCUT2D eigenvalue weighted by Gasteiger charge is -2.05. The first-order chi connectivity index (χ1) is 14.2. The van der Waals surface area contributed by atoms with Crippen molar-refractivity contribution in [1.29, 1.82) is 0 Å². The van der Waals surface area contributed by atoms with Crippen molar-refractivity contribution in [2.75, 3.05) is 6.61 Å². The minimum absolute atomic E-state index is 0.00210.